The lowest BCUT2D eigenvalue weighted by molar-refractivity contribution is 0.0522. The summed E-state index contributed by atoms with van der Waals surface area (Å²) in [5, 5.41) is 0. The molecule has 0 saturated heterocycles. The van der Waals surface area contributed by atoms with Crippen molar-refractivity contribution in [3.8, 4) is 0 Å². The predicted molar refractivity (Wildman–Crippen MR) is 97.4 cm³/mol. The van der Waals surface area contributed by atoms with Gasteiger partial charge in [0.2, 0.25) is 0 Å². The molecule has 0 fully saturated rings. The highest BCUT2D eigenvalue weighted by molar-refractivity contribution is 6.22. The number of imide groups is 2. The van der Waals surface area contributed by atoms with Crippen LogP contribution in [-0.2, 0) is 0 Å². The summed E-state index contributed by atoms with van der Waals surface area (Å²) in [4.78, 5) is 52.9. The molecule has 2 atom stereocenters. The number of benzene rings is 2. The molecule has 0 radical (unpaired) electrons. The maximum Gasteiger partial charge on any atom is 0.261 e. The molecule has 6 heteroatoms. The minimum absolute atomic E-state index is 0.316. The summed E-state index contributed by atoms with van der Waals surface area (Å²) in [6.07, 6.45) is 0.316. The highest BCUT2D eigenvalue weighted by atomic mass is 16.2. The summed E-state index contributed by atoms with van der Waals surface area (Å²) < 4.78 is 0. The summed E-state index contributed by atoms with van der Waals surface area (Å²) >= 11 is 0. The van der Waals surface area contributed by atoms with E-state index in [1.807, 2.05) is 0 Å². The Morgan fingerprint density at radius 3 is 1.11 bits per heavy atom. The Labute approximate surface area is 156 Å². The Morgan fingerprint density at radius 1 is 0.593 bits per heavy atom. The van der Waals surface area contributed by atoms with E-state index in [2.05, 4.69) is 0 Å². The summed E-state index contributed by atoms with van der Waals surface area (Å²) in [5.74, 6) is -1.34. The van der Waals surface area contributed by atoms with Crippen molar-refractivity contribution in [3.63, 3.8) is 0 Å². The van der Waals surface area contributed by atoms with Crippen molar-refractivity contribution in [2.45, 2.75) is 32.4 Å². The Bertz CT molecular complexity index is 848. The van der Waals surface area contributed by atoms with Crippen molar-refractivity contribution in [2.24, 2.45) is 0 Å². The Hall–Kier alpha value is -3.28. The van der Waals surface area contributed by atoms with Crippen LogP contribution >= 0.6 is 0 Å². The van der Waals surface area contributed by atoms with Crippen LogP contribution in [0.5, 0.6) is 0 Å². The smallest absolute Gasteiger partial charge is 0.261 e. The van der Waals surface area contributed by atoms with E-state index in [0.717, 1.165) is 0 Å². The first kappa shape index (κ1) is 17.1. The van der Waals surface area contributed by atoms with Crippen molar-refractivity contribution in [1.29, 1.82) is 0 Å². The normalized spacial score (nSPS) is 18.0. The van der Waals surface area contributed by atoms with Gasteiger partial charge in [0.05, 0.1) is 22.3 Å². The molecule has 2 aromatic rings. The largest absolute Gasteiger partial charge is 0.271 e. The molecule has 27 heavy (non-hydrogen) atoms. The zero-order valence-corrected chi connectivity index (χ0v) is 15.0. The first-order chi connectivity index (χ1) is 12.9. The fraction of sp³-hybridized carbons (Fsp3) is 0.238. The number of carbonyl (C=O) groups is 4. The van der Waals surface area contributed by atoms with E-state index in [0.29, 0.717) is 28.7 Å². The van der Waals surface area contributed by atoms with E-state index in [4.69, 9.17) is 0 Å². The minimum atomic E-state index is -0.447. The van der Waals surface area contributed by atoms with Gasteiger partial charge < -0.3 is 0 Å². The van der Waals surface area contributed by atoms with Gasteiger partial charge in [0, 0.05) is 12.1 Å². The second-order valence-electron chi connectivity index (χ2n) is 6.99. The van der Waals surface area contributed by atoms with Gasteiger partial charge in [0.25, 0.3) is 23.6 Å². The molecule has 136 valence electrons. The van der Waals surface area contributed by atoms with Crippen molar-refractivity contribution in [1.82, 2.24) is 9.80 Å². The number of amides is 4. The molecule has 6 nitrogen and oxygen atoms in total. The van der Waals surface area contributed by atoms with Gasteiger partial charge in [0.1, 0.15) is 0 Å². The van der Waals surface area contributed by atoms with Crippen LogP contribution in [0.2, 0.25) is 0 Å². The first-order valence-electron chi connectivity index (χ1n) is 8.85. The summed E-state index contributed by atoms with van der Waals surface area (Å²) in [6.45, 7) is 3.52. The van der Waals surface area contributed by atoms with E-state index >= 15 is 0 Å². The molecule has 0 aromatic heterocycles. The average molecular weight is 362 g/mol. The highest BCUT2D eigenvalue weighted by Crippen LogP contribution is 2.29. The molecule has 2 aromatic carbocycles. The average Bonchev–Trinajstić information content (AvgIpc) is 3.07. The minimum Gasteiger partial charge on any atom is -0.271 e. The van der Waals surface area contributed by atoms with Crippen LogP contribution in [0.15, 0.2) is 48.5 Å². The van der Waals surface area contributed by atoms with Gasteiger partial charge in [-0.15, -0.1) is 0 Å². The standard InChI is InChI=1S/C21H18N2O4/c1-12(22-18(24)14-7-3-4-8-15(14)19(22)25)11-13(2)23-20(26)16-9-5-6-10-17(16)21(23)27/h3-10,12-13H,11H2,1-2H3. The van der Waals surface area contributed by atoms with Crippen LogP contribution in [0.3, 0.4) is 0 Å². The third-order valence-corrected chi connectivity index (χ3v) is 5.21. The van der Waals surface area contributed by atoms with Crippen LogP contribution in [0.25, 0.3) is 0 Å². The lowest BCUT2D eigenvalue weighted by atomic mass is 10.1. The zero-order valence-electron chi connectivity index (χ0n) is 15.0. The lowest BCUT2D eigenvalue weighted by Crippen LogP contribution is -2.45. The summed E-state index contributed by atoms with van der Waals surface area (Å²) in [7, 11) is 0. The number of nitrogens with zero attached hydrogens (tertiary/aromatic N) is 2. The van der Waals surface area contributed by atoms with Crippen LogP contribution in [-0.4, -0.2) is 45.5 Å². The second kappa shape index (κ2) is 6.16. The van der Waals surface area contributed by atoms with Crippen LogP contribution < -0.4 is 0 Å². The monoisotopic (exact) mass is 362 g/mol. The Balaban J connectivity index is 1.54. The molecule has 0 saturated carbocycles. The quantitative estimate of drug-likeness (QED) is 0.784. The number of rotatable bonds is 4. The van der Waals surface area contributed by atoms with Gasteiger partial charge in [-0.2, -0.15) is 0 Å². The van der Waals surface area contributed by atoms with E-state index in [9.17, 15) is 19.2 Å². The fourth-order valence-electron chi connectivity index (χ4n) is 3.92. The fourth-order valence-corrected chi connectivity index (χ4v) is 3.92. The van der Waals surface area contributed by atoms with Crippen LogP contribution in [0.4, 0.5) is 0 Å². The Morgan fingerprint density at radius 2 is 0.852 bits per heavy atom. The number of fused-ring (bicyclic) bond motifs is 2. The molecule has 2 unspecified atom stereocenters. The van der Waals surface area contributed by atoms with E-state index < -0.39 is 12.1 Å². The molecular weight excluding hydrogens is 344 g/mol. The van der Waals surface area contributed by atoms with Gasteiger partial charge in [-0.1, -0.05) is 24.3 Å². The maximum absolute atomic E-state index is 12.6. The molecule has 0 N–H and O–H groups in total. The van der Waals surface area contributed by atoms with Gasteiger partial charge in [-0.05, 0) is 44.5 Å². The molecule has 4 rings (SSSR count). The molecule has 0 aliphatic carbocycles. The van der Waals surface area contributed by atoms with E-state index in [-0.39, 0.29) is 23.6 Å². The van der Waals surface area contributed by atoms with Gasteiger partial charge in [-0.3, -0.25) is 29.0 Å². The topological polar surface area (TPSA) is 74.8 Å². The molecule has 0 bridgehead atoms. The number of hydrogen-bond acceptors (Lipinski definition) is 4. The van der Waals surface area contributed by atoms with Crippen molar-refractivity contribution >= 4 is 23.6 Å². The van der Waals surface area contributed by atoms with Crippen molar-refractivity contribution in [3.05, 3.63) is 70.8 Å². The molecular formula is C21H18N2O4. The molecule has 2 aliphatic heterocycles. The third kappa shape index (κ3) is 2.48. The van der Waals surface area contributed by atoms with E-state index in [1.54, 1.807) is 62.4 Å². The van der Waals surface area contributed by atoms with Gasteiger partial charge >= 0.3 is 0 Å². The highest BCUT2D eigenvalue weighted by Gasteiger charge is 2.42. The van der Waals surface area contributed by atoms with E-state index in [1.165, 1.54) is 9.80 Å². The van der Waals surface area contributed by atoms with Crippen LogP contribution in [0.1, 0.15) is 61.7 Å². The van der Waals surface area contributed by atoms with Crippen molar-refractivity contribution < 1.29 is 19.2 Å². The zero-order chi connectivity index (χ0) is 19.3. The molecule has 4 amide bonds. The van der Waals surface area contributed by atoms with Crippen LogP contribution in [0, 0.1) is 0 Å². The summed E-state index contributed by atoms with van der Waals surface area (Å²) in [5.41, 5.74) is 1.57. The SMILES string of the molecule is CC(CC(C)N1C(=O)c2ccccc2C1=O)N1C(=O)c2ccccc2C1=O. The first-order valence-corrected chi connectivity index (χ1v) is 8.85. The predicted octanol–water partition coefficient (Wildman–Crippen LogP) is 2.75. The second-order valence-corrected chi connectivity index (χ2v) is 6.99. The number of hydrogen-bond donors (Lipinski definition) is 0. The Kier molecular flexibility index (Phi) is 3.91. The molecule has 2 heterocycles. The van der Waals surface area contributed by atoms with Gasteiger partial charge in [-0.25, -0.2) is 0 Å². The van der Waals surface area contributed by atoms with Crippen molar-refractivity contribution in [2.75, 3.05) is 0 Å². The van der Waals surface area contributed by atoms with Gasteiger partial charge in [0.15, 0.2) is 0 Å². The lowest BCUT2D eigenvalue weighted by Gasteiger charge is -2.29. The molecule has 0 spiro atoms. The summed E-state index contributed by atoms with van der Waals surface area (Å²) in [6, 6.07) is 12.5. The molecule has 2 aliphatic rings. The number of carbonyl (C=O) groups excluding carboxylic acids is 4. The maximum atomic E-state index is 12.6. The third-order valence-electron chi connectivity index (χ3n) is 5.21.